The van der Waals surface area contributed by atoms with Gasteiger partial charge in [0.25, 0.3) is 11.8 Å². The fourth-order valence-electron chi connectivity index (χ4n) is 3.54. The molecule has 0 spiro atoms. The molecule has 4 rings (SSSR count). The van der Waals surface area contributed by atoms with E-state index in [1.165, 1.54) is 6.21 Å². The Balaban J connectivity index is 1.49. The van der Waals surface area contributed by atoms with Crippen molar-refractivity contribution in [3.05, 3.63) is 136 Å². The Kier molecular flexibility index (Phi) is 9.63. The highest BCUT2D eigenvalue weighted by Crippen LogP contribution is 2.19. The summed E-state index contributed by atoms with van der Waals surface area (Å²) in [6.45, 7) is 0.372. The van der Waals surface area contributed by atoms with Crippen molar-refractivity contribution in [2.45, 2.75) is 6.61 Å². The molecule has 0 fully saturated rings. The highest BCUT2D eigenvalue weighted by molar-refractivity contribution is 9.10. The molecule has 0 aliphatic rings. The molecule has 0 bridgehead atoms. The zero-order valence-corrected chi connectivity index (χ0v) is 22.7. The molecule has 2 N–H and O–H groups in total. The Bertz CT molecular complexity index is 1490. The molecule has 7 nitrogen and oxygen atoms in total. The fraction of sp³-hybridized carbons (Fsp3) is 0.0645. The maximum Gasteiger partial charge on any atom is 0.287 e. The first-order valence-corrected chi connectivity index (χ1v) is 12.8. The fourth-order valence-corrected chi connectivity index (χ4v) is 3.98. The molecule has 0 unspecified atom stereocenters. The third kappa shape index (κ3) is 8.15. The van der Waals surface area contributed by atoms with E-state index in [-0.39, 0.29) is 5.70 Å². The first-order valence-electron chi connectivity index (χ1n) is 12.0. The topological polar surface area (TPSA) is 89.0 Å². The normalized spacial score (nSPS) is 11.2. The number of carbonyl (C=O) groups excluding carboxylic acids is 2. The number of halogens is 1. The average molecular weight is 584 g/mol. The van der Waals surface area contributed by atoms with E-state index in [0.29, 0.717) is 34.8 Å². The summed E-state index contributed by atoms with van der Waals surface area (Å²) in [4.78, 5) is 25.9. The quantitative estimate of drug-likeness (QED) is 0.137. The summed E-state index contributed by atoms with van der Waals surface area (Å²) < 4.78 is 12.1. The lowest BCUT2D eigenvalue weighted by Crippen LogP contribution is -2.32. The average Bonchev–Trinajstić information content (AvgIpc) is 2.97. The lowest BCUT2D eigenvalue weighted by molar-refractivity contribution is -0.117. The van der Waals surface area contributed by atoms with Crippen LogP contribution in [0.3, 0.4) is 0 Å². The van der Waals surface area contributed by atoms with Crippen molar-refractivity contribution in [2.24, 2.45) is 5.10 Å². The molecule has 0 aromatic heterocycles. The van der Waals surface area contributed by atoms with Gasteiger partial charge >= 0.3 is 0 Å². The van der Waals surface area contributed by atoms with Crippen LogP contribution in [0.1, 0.15) is 27.0 Å². The van der Waals surface area contributed by atoms with Gasteiger partial charge in [0.05, 0.1) is 13.3 Å². The summed E-state index contributed by atoms with van der Waals surface area (Å²) in [5, 5.41) is 6.81. The van der Waals surface area contributed by atoms with E-state index in [1.807, 2.05) is 54.6 Å². The van der Waals surface area contributed by atoms with E-state index in [4.69, 9.17) is 9.47 Å². The van der Waals surface area contributed by atoms with Crippen molar-refractivity contribution in [2.75, 3.05) is 7.11 Å². The van der Waals surface area contributed by atoms with Gasteiger partial charge in [-0.05, 0) is 65.7 Å². The molecule has 0 aliphatic carbocycles. The van der Waals surface area contributed by atoms with Gasteiger partial charge in [-0.2, -0.15) is 5.10 Å². The van der Waals surface area contributed by atoms with Crippen LogP contribution < -0.4 is 20.2 Å². The summed E-state index contributed by atoms with van der Waals surface area (Å²) in [5.41, 5.74) is 5.34. The van der Waals surface area contributed by atoms with Crippen LogP contribution in [0.25, 0.3) is 6.08 Å². The highest BCUT2D eigenvalue weighted by atomic mass is 79.9. The minimum Gasteiger partial charge on any atom is -0.497 e. The molecular formula is C31H26BrN3O4. The predicted octanol–water partition coefficient (Wildman–Crippen LogP) is 5.96. The second kappa shape index (κ2) is 13.7. The molecule has 0 heterocycles. The van der Waals surface area contributed by atoms with E-state index < -0.39 is 11.8 Å². The van der Waals surface area contributed by atoms with Crippen molar-refractivity contribution in [3.63, 3.8) is 0 Å². The van der Waals surface area contributed by atoms with Crippen LogP contribution in [-0.2, 0) is 11.4 Å². The molecule has 2 amide bonds. The number of nitrogens with zero attached hydrogens (tertiary/aromatic N) is 1. The lowest BCUT2D eigenvalue weighted by atomic mass is 10.1. The van der Waals surface area contributed by atoms with Crippen molar-refractivity contribution in [1.82, 2.24) is 10.7 Å². The molecule has 4 aromatic rings. The van der Waals surface area contributed by atoms with Crippen molar-refractivity contribution in [3.8, 4) is 11.5 Å². The first kappa shape index (κ1) is 27.3. The smallest absolute Gasteiger partial charge is 0.287 e. The Morgan fingerprint density at radius 2 is 1.64 bits per heavy atom. The monoisotopic (exact) mass is 583 g/mol. The van der Waals surface area contributed by atoms with Gasteiger partial charge in [0, 0.05) is 15.6 Å². The van der Waals surface area contributed by atoms with Gasteiger partial charge in [0.2, 0.25) is 0 Å². The number of ether oxygens (including phenoxy) is 2. The number of benzene rings is 4. The molecule has 0 saturated carbocycles. The number of amides is 2. The van der Waals surface area contributed by atoms with E-state index in [2.05, 4.69) is 31.8 Å². The van der Waals surface area contributed by atoms with E-state index in [9.17, 15) is 9.59 Å². The predicted molar refractivity (Wildman–Crippen MR) is 156 cm³/mol. The first-order chi connectivity index (χ1) is 19.0. The molecule has 196 valence electrons. The van der Waals surface area contributed by atoms with Gasteiger partial charge in [-0.1, -0.05) is 70.5 Å². The molecule has 0 aliphatic heterocycles. The molecule has 39 heavy (non-hydrogen) atoms. The Labute approximate surface area is 235 Å². The van der Waals surface area contributed by atoms with Crippen LogP contribution in [0, 0.1) is 0 Å². The minimum absolute atomic E-state index is 0.0327. The number of hydrogen-bond acceptors (Lipinski definition) is 5. The summed E-state index contributed by atoms with van der Waals surface area (Å²) in [6.07, 6.45) is 3.07. The third-order valence-electron chi connectivity index (χ3n) is 5.53. The van der Waals surface area contributed by atoms with Crippen LogP contribution in [0.5, 0.6) is 11.5 Å². The lowest BCUT2D eigenvalue weighted by Gasteiger charge is -2.10. The SMILES string of the molecule is COc1ccc(/C=C(\NC(=O)c2ccccc2)C(=O)N/N=C\c2ccccc2OCc2cccc(Br)c2)cc1. The molecule has 8 heteroatoms. The Morgan fingerprint density at radius 3 is 2.38 bits per heavy atom. The number of hydrazone groups is 1. The van der Waals surface area contributed by atoms with Crippen molar-refractivity contribution in [1.29, 1.82) is 0 Å². The van der Waals surface area contributed by atoms with Gasteiger partial charge in [-0.25, -0.2) is 5.43 Å². The van der Waals surface area contributed by atoms with Crippen LogP contribution in [-0.4, -0.2) is 25.1 Å². The number of carbonyl (C=O) groups is 2. The third-order valence-corrected chi connectivity index (χ3v) is 6.02. The minimum atomic E-state index is -0.584. The molecule has 4 aromatic carbocycles. The zero-order chi connectivity index (χ0) is 27.5. The molecule has 0 saturated heterocycles. The van der Waals surface area contributed by atoms with Gasteiger partial charge in [-0.3, -0.25) is 9.59 Å². The maximum atomic E-state index is 13.1. The van der Waals surface area contributed by atoms with Gasteiger partial charge < -0.3 is 14.8 Å². The maximum absolute atomic E-state index is 13.1. The van der Waals surface area contributed by atoms with Gasteiger partial charge in [0.15, 0.2) is 0 Å². The Morgan fingerprint density at radius 1 is 0.897 bits per heavy atom. The summed E-state index contributed by atoms with van der Waals surface area (Å²) in [6, 6.07) is 31.0. The molecular weight excluding hydrogens is 558 g/mol. The van der Waals surface area contributed by atoms with Crippen LogP contribution >= 0.6 is 15.9 Å². The van der Waals surface area contributed by atoms with E-state index in [0.717, 1.165) is 10.0 Å². The molecule has 0 atom stereocenters. The van der Waals surface area contributed by atoms with E-state index in [1.54, 1.807) is 61.7 Å². The van der Waals surface area contributed by atoms with Crippen LogP contribution in [0.4, 0.5) is 0 Å². The largest absolute Gasteiger partial charge is 0.497 e. The summed E-state index contributed by atoms with van der Waals surface area (Å²) in [5.74, 6) is 0.290. The van der Waals surface area contributed by atoms with Gasteiger partial charge in [0.1, 0.15) is 23.8 Å². The van der Waals surface area contributed by atoms with E-state index >= 15 is 0 Å². The molecule has 0 radical (unpaired) electrons. The van der Waals surface area contributed by atoms with Crippen LogP contribution in [0.2, 0.25) is 0 Å². The van der Waals surface area contributed by atoms with Crippen LogP contribution in [0.15, 0.2) is 118 Å². The standard InChI is InChI=1S/C31H26BrN3O4/c1-38-27-16-14-22(15-17-27)19-28(34-30(36)24-9-3-2-4-10-24)31(37)35-33-20-25-11-5-6-13-29(25)39-21-23-8-7-12-26(32)18-23/h2-20H,21H2,1H3,(H,34,36)(H,35,37)/b28-19-,33-20-. The second-order valence-electron chi connectivity index (χ2n) is 8.31. The zero-order valence-electron chi connectivity index (χ0n) is 21.1. The summed E-state index contributed by atoms with van der Waals surface area (Å²) in [7, 11) is 1.58. The second-order valence-corrected chi connectivity index (χ2v) is 9.22. The number of methoxy groups -OCH3 is 1. The number of nitrogens with one attached hydrogen (secondary N) is 2. The highest BCUT2D eigenvalue weighted by Gasteiger charge is 2.14. The number of hydrogen-bond donors (Lipinski definition) is 2. The summed E-state index contributed by atoms with van der Waals surface area (Å²) >= 11 is 3.46. The number of para-hydroxylation sites is 1. The van der Waals surface area contributed by atoms with Crippen molar-refractivity contribution < 1.29 is 19.1 Å². The van der Waals surface area contributed by atoms with Crippen molar-refractivity contribution >= 4 is 40.0 Å². The van der Waals surface area contributed by atoms with Gasteiger partial charge in [-0.15, -0.1) is 0 Å². The Hall–Kier alpha value is -4.69. The number of rotatable bonds is 10.